The van der Waals surface area contributed by atoms with E-state index < -0.39 is 0 Å². The molecule has 7 aromatic heterocycles. The predicted octanol–water partition coefficient (Wildman–Crippen LogP) is 43.9. The van der Waals surface area contributed by atoms with E-state index in [4.69, 9.17) is 0 Å². The lowest BCUT2D eigenvalue weighted by Gasteiger charge is -2.24. The molecular weight excluding hydrogens is 1730 g/mol. The summed E-state index contributed by atoms with van der Waals surface area (Å²) in [6.07, 6.45) is 9.69. The second kappa shape index (κ2) is 82.9. The van der Waals surface area contributed by atoms with E-state index in [0.29, 0.717) is 142 Å². The van der Waals surface area contributed by atoms with Gasteiger partial charge in [-0.25, -0.2) is 9.97 Å². The van der Waals surface area contributed by atoms with Crippen molar-refractivity contribution >= 4 is 0 Å². The summed E-state index contributed by atoms with van der Waals surface area (Å²) >= 11 is 0. The minimum Gasteiger partial charge on any atom is -0.261 e. The standard InChI is InChI=1S/C16H26.2C15H25N.C14H24N2.C14H23N.2C13H22N2.C12H21N3.8C2H6.2CH4/c1-10(2)14-9-8-13(7)15(11(3)4)16(14)12(5)6;1-9(2)13-8-16-12(7)14(10(3)4)15(13)11(5)6;1-9(2)13-12(7)8-16-15(11(5)6)14(13)10(3)4;1-8(2)12-11(7)15-16-14(10(5)6)13(12)9(3)4;1-9(2)12-7-8-15-14(11(5)6)13(12)10(3)4;1-8(2)11-12(9(3)4)14-7-15-13(11)10(5)6;1-8(2)11-7-14-15-13(10(5)6)12(11)9(3)4;1-7(2)10-11(8(3)4)13-15-14-12(10)9(5)6;8*1-2;;/h8-12H,1-7H3;2*8-11H,1-7H3;8-10H,1-7H3;7-11H,1-6H3;2*7-10H,1-6H3;7-9H,1-6H3;8*1-2H3;2*1H4. The van der Waals surface area contributed by atoms with Crippen LogP contribution in [0.2, 0.25) is 0 Å². The minimum atomic E-state index is 0. The van der Waals surface area contributed by atoms with Gasteiger partial charge in [-0.3, -0.25) is 15.0 Å². The van der Waals surface area contributed by atoms with E-state index in [1.54, 1.807) is 17.5 Å². The molecule has 0 saturated carbocycles. The van der Waals surface area contributed by atoms with Gasteiger partial charge in [-0.15, -0.1) is 10.2 Å². The van der Waals surface area contributed by atoms with E-state index in [-0.39, 0.29) is 14.9 Å². The maximum Gasteiger partial charge on any atom is 0.115 e. The second-order valence-corrected chi connectivity index (χ2v) is 42.6. The highest BCUT2D eigenvalue weighted by atomic mass is 15.3. The van der Waals surface area contributed by atoms with Crippen LogP contribution in [0.25, 0.3) is 0 Å². The molecule has 8 aromatic rings. The molecule has 0 bridgehead atoms. The Bertz CT molecular complexity index is 3780. The van der Waals surface area contributed by atoms with Crippen LogP contribution in [-0.2, 0) is 0 Å². The van der Waals surface area contributed by atoms with Gasteiger partial charge in [0.05, 0.1) is 46.1 Å². The zero-order valence-electron chi connectivity index (χ0n) is 106. The molecule has 0 spiro atoms. The number of aromatic nitrogens is 12. The lowest BCUT2D eigenvalue weighted by Crippen LogP contribution is -2.12. The molecule has 12 heteroatoms. The smallest absolute Gasteiger partial charge is 0.115 e. The number of rotatable bonds is 24. The van der Waals surface area contributed by atoms with Crippen molar-refractivity contribution in [1.82, 2.24) is 60.7 Å². The first-order chi connectivity index (χ1) is 65.2. The predicted molar refractivity (Wildman–Crippen MR) is 646 cm³/mol. The van der Waals surface area contributed by atoms with E-state index in [1.807, 2.05) is 129 Å². The fourth-order valence-electron chi connectivity index (χ4n) is 17.8. The first kappa shape index (κ1) is 155. The van der Waals surface area contributed by atoms with Gasteiger partial charge >= 0.3 is 0 Å². The number of nitrogens with zero attached hydrogens (tertiary/aromatic N) is 12. The molecule has 0 amide bonds. The van der Waals surface area contributed by atoms with Crippen LogP contribution in [0.1, 0.15) is 757 Å². The molecule has 0 aliphatic rings. The Kier molecular flexibility index (Phi) is 90.5. The highest BCUT2D eigenvalue weighted by Gasteiger charge is 2.27. The summed E-state index contributed by atoms with van der Waals surface area (Å²) in [7, 11) is 0. The van der Waals surface area contributed by atoms with Gasteiger partial charge in [0.25, 0.3) is 0 Å². The van der Waals surface area contributed by atoms with Crippen LogP contribution in [0.15, 0.2) is 49.3 Å². The summed E-state index contributed by atoms with van der Waals surface area (Å²) in [6, 6.07) is 6.78. The summed E-state index contributed by atoms with van der Waals surface area (Å²) in [5.41, 5.74) is 37.8. The molecule has 8 rings (SSSR count). The van der Waals surface area contributed by atoms with Crippen molar-refractivity contribution in [3.63, 3.8) is 0 Å². The van der Waals surface area contributed by atoms with Crippen molar-refractivity contribution in [2.75, 3.05) is 0 Å². The normalized spacial score (nSPS) is 10.7. The number of aryl methyl sites for hydroxylation is 4. The quantitative estimate of drug-likeness (QED) is 0.0565. The molecule has 824 valence electrons. The minimum absolute atomic E-state index is 0. The molecular formula is C130H244N12. The molecule has 0 saturated heterocycles. The van der Waals surface area contributed by atoms with Crippen molar-refractivity contribution < 1.29 is 0 Å². The highest BCUT2D eigenvalue weighted by molar-refractivity contribution is 5.47. The Balaban J connectivity index is -0.000000171. The van der Waals surface area contributed by atoms with E-state index in [1.165, 1.54) is 123 Å². The maximum absolute atomic E-state index is 4.64. The molecule has 0 unspecified atom stereocenters. The Morgan fingerprint density at radius 3 is 0.718 bits per heavy atom. The summed E-state index contributed by atoms with van der Waals surface area (Å²) in [5.74, 6) is 12.6. The zero-order valence-corrected chi connectivity index (χ0v) is 106. The summed E-state index contributed by atoms with van der Waals surface area (Å²) in [4.78, 5) is 22.6. The van der Waals surface area contributed by atoms with Crippen molar-refractivity contribution in [2.24, 2.45) is 0 Å². The van der Waals surface area contributed by atoms with Crippen LogP contribution in [-0.4, -0.2) is 60.7 Å². The molecule has 0 N–H and O–H groups in total. The average molecular weight is 1980 g/mol. The second-order valence-electron chi connectivity index (χ2n) is 42.6. The molecule has 1 aromatic carbocycles. The van der Waals surface area contributed by atoms with Crippen LogP contribution < -0.4 is 0 Å². The fraction of sp³-hybridized carbons (Fsp3) is 0.723. The van der Waals surface area contributed by atoms with Crippen LogP contribution in [0.5, 0.6) is 0 Å². The van der Waals surface area contributed by atoms with Gasteiger partial charge in [-0.05, 0) is 276 Å². The fourth-order valence-corrected chi connectivity index (χ4v) is 17.8. The Hall–Kier alpha value is -7.08. The lowest BCUT2D eigenvalue weighted by molar-refractivity contribution is 0.641. The van der Waals surface area contributed by atoms with Gasteiger partial charge in [-0.2, -0.15) is 20.4 Å². The maximum atomic E-state index is 4.64. The van der Waals surface area contributed by atoms with Crippen LogP contribution in [0, 0.1) is 27.7 Å². The third-order valence-electron chi connectivity index (χ3n) is 23.2. The molecule has 0 radical (unpaired) electrons. The highest BCUT2D eigenvalue weighted by Crippen LogP contribution is 2.41. The average Bonchev–Trinajstić information content (AvgIpc) is 0.801. The Morgan fingerprint density at radius 1 is 0.162 bits per heavy atom. The van der Waals surface area contributed by atoms with Crippen LogP contribution >= 0.6 is 0 Å². The number of pyridine rings is 3. The molecule has 12 nitrogen and oxygen atoms in total. The lowest BCUT2D eigenvalue weighted by atomic mass is 9.81. The molecule has 0 aliphatic heterocycles. The zero-order chi connectivity index (χ0) is 112. The van der Waals surface area contributed by atoms with Crippen molar-refractivity contribution in [2.45, 2.75) is 628 Å². The van der Waals surface area contributed by atoms with Crippen molar-refractivity contribution in [1.29, 1.82) is 0 Å². The van der Waals surface area contributed by atoms with E-state index >= 15 is 0 Å². The van der Waals surface area contributed by atoms with E-state index in [9.17, 15) is 0 Å². The van der Waals surface area contributed by atoms with Crippen molar-refractivity contribution in [3.05, 3.63) is 206 Å². The number of hydrogen-bond acceptors (Lipinski definition) is 12. The summed E-state index contributed by atoms with van der Waals surface area (Å²) < 4.78 is 0. The van der Waals surface area contributed by atoms with Crippen LogP contribution in [0.4, 0.5) is 0 Å². The van der Waals surface area contributed by atoms with Gasteiger partial charge in [-0.1, -0.05) is 470 Å². The Labute approximate surface area is 889 Å². The monoisotopic (exact) mass is 1970 g/mol. The molecule has 0 atom stereocenters. The topological polar surface area (TPSA) is 155 Å². The van der Waals surface area contributed by atoms with Gasteiger partial charge in [0.2, 0.25) is 0 Å². The Morgan fingerprint density at radius 2 is 0.408 bits per heavy atom. The molecule has 0 fully saturated rings. The van der Waals surface area contributed by atoms with Gasteiger partial charge in [0, 0.05) is 41.2 Å². The molecule has 7 heterocycles. The third kappa shape index (κ3) is 51.0. The summed E-state index contributed by atoms with van der Waals surface area (Å²) in [5, 5.41) is 29.4. The molecule has 0 aliphatic carbocycles. The van der Waals surface area contributed by atoms with Crippen molar-refractivity contribution in [3.8, 4) is 0 Å². The third-order valence-corrected chi connectivity index (χ3v) is 23.2. The first-order valence-corrected chi connectivity index (χ1v) is 56.6. The summed E-state index contributed by atoms with van der Waals surface area (Å²) in [6.45, 7) is 148. The van der Waals surface area contributed by atoms with E-state index in [2.05, 4.69) is 445 Å². The van der Waals surface area contributed by atoms with E-state index in [0.717, 1.165) is 22.8 Å². The SMILES string of the molecule is C.C.CC.CC.CC.CC.CC.CC.CC.CC.CC(C)c1ccnc(C(C)C)c1C(C)C.CC(C)c1cnnc(C(C)C)c1C(C)C.CC(C)c1ncnc(C(C)C)c1C(C)C.CC(C)c1nnnc(C(C)C)c1C(C)C.Cc1ccc(C(C)C)c(C(C)C)c1C(C)C.Cc1cnc(C(C)C)c(C(C)C)c1C(C)C.Cc1ncc(C(C)C)c(C(C)C)c1C(C)C.Cc1nnc(C(C)C)c(C(C)C)c1C(C)C. The number of hydrogen-bond donors (Lipinski definition) is 0. The largest absolute Gasteiger partial charge is 0.261 e. The first-order valence-electron chi connectivity index (χ1n) is 56.6. The van der Waals surface area contributed by atoms with Crippen LogP contribution in [0.3, 0.4) is 0 Å². The van der Waals surface area contributed by atoms with Gasteiger partial charge in [0.1, 0.15) is 6.33 Å². The molecule has 142 heavy (non-hydrogen) atoms. The van der Waals surface area contributed by atoms with Gasteiger partial charge in [0.15, 0.2) is 0 Å². The number of benzene rings is 1. The van der Waals surface area contributed by atoms with Gasteiger partial charge < -0.3 is 0 Å².